The second-order valence-electron chi connectivity index (χ2n) is 4.45. The van der Waals surface area contributed by atoms with Gasteiger partial charge in [0.15, 0.2) is 5.16 Å². The number of carbonyl (C=O) groups is 1. The highest BCUT2D eigenvalue weighted by Crippen LogP contribution is 2.34. The largest absolute Gasteiger partial charge is 0.468 e. The van der Waals surface area contributed by atoms with Gasteiger partial charge in [0.1, 0.15) is 5.25 Å². The summed E-state index contributed by atoms with van der Waals surface area (Å²) in [5, 5.41) is 0.567. The average molecular weight is 300 g/mol. The molecule has 0 unspecified atom stereocenters. The number of esters is 1. The number of aromatic nitrogens is 2. The zero-order chi connectivity index (χ0) is 14.2. The molecule has 1 aliphatic rings. The summed E-state index contributed by atoms with van der Waals surface area (Å²) < 4.78 is 6.19. The monoisotopic (exact) mass is 300 g/mol. The second-order valence-corrected chi connectivity index (χ2v) is 7.21. The first-order valence-corrected chi connectivity index (χ1v) is 7.71. The maximum absolute atomic E-state index is 12.2. The minimum Gasteiger partial charge on any atom is -0.468 e. The van der Waals surface area contributed by atoms with E-state index >= 15 is 0 Å². The Balaban J connectivity index is 2.33. The van der Waals surface area contributed by atoms with Crippen LogP contribution in [-0.4, -0.2) is 33.1 Å². The first-order chi connectivity index (χ1) is 8.93. The van der Waals surface area contributed by atoms with Gasteiger partial charge < -0.3 is 4.74 Å². The number of hydrogen-bond donors (Lipinski definition) is 0. The molecule has 7 heteroatoms. The van der Waals surface area contributed by atoms with Crippen LogP contribution in [0.2, 0.25) is 0 Å². The standard InChI is InChI=1S/C12H16N2O3S2/c1-6-5-8-9(18-6)10(15)14(3)12(13-8)19-7(2)11(16)17-4/h6-7H,5H2,1-4H3/t6-,7-/m1/s1. The topological polar surface area (TPSA) is 61.2 Å². The summed E-state index contributed by atoms with van der Waals surface area (Å²) in [4.78, 5) is 28.9. The average Bonchev–Trinajstić information content (AvgIpc) is 2.75. The molecule has 0 radical (unpaired) electrons. The van der Waals surface area contributed by atoms with Crippen LogP contribution < -0.4 is 5.56 Å². The third-order valence-electron chi connectivity index (χ3n) is 2.89. The van der Waals surface area contributed by atoms with E-state index in [4.69, 9.17) is 0 Å². The molecule has 1 aromatic heterocycles. The lowest BCUT2D eigenvalue weighted by molar-refractivity contribution is -0.139. The summed E-state index contributed by atoms with van der Waals surface area (Å²) in [5.74, 6) is -0.317. The zero-order valence-corrected chi connectivity index (χ0v) is 12.9. The lowest BCUT2D eigenvalue weighted by Crippen LogP contribution is -2.24. The highest BCUT2D eigenvalue weighted by molar-refractivity contribution is 8.00. The van der Waals surface area contributed by atoms with Gasteiger partial charge in [-0.05, 0) is 6.92 Å². The van der Waals surface area contributed by atoms with Crippen molar-refractivity contribution in [1.82, 2.24) is 9.55 Å². The highest BCUT2D eigenvalue weighted by atomic mass is 32.2. The summed E-state index contributed by atoms with van der Waals surface area (Å²) in [7, 11) is 3.04. The summed E-state index contributed by atoms with van der Waals surface area (Å²) in [5.41, 5.74) is 0.819. The molecule has 0 spiro atoms. The fraction of sp³-hybridized carbons (Fsp3) is 0.583. The summed E-state index contributed by atoms with van der Waals surface area (Å²) >= 11 is 2.83. The molecule has 19 heavy (non-hydrogen) atoms. The molecule has 2 atom stereocenters. The third kappa shape index (κ3) is 2.81. The van der Waals surface area contributed by atoms with Crippen molar-refractivity contribution in [3.63, 3.8) is 0 Å². The fourth-order valence-corrected chi connectivity index (χ4v) is 3.91. The number of hydrogen-bond acceptors (Lipinski definition) is 6. The van der Waals surface area contributed by atoms with E-state index in [1.54, 1.807) is 25.7 Å². The molecule has 2 heterocycles. The molecule has 0 saturated heterocycles. The molecule has 0 amide bonds. The maximum atomic E-state index is 12.2. The van der Waals surface area contributed by atoms with Gasteiger partial charge in [-0.15, -0.1) is 11.8 Å². The number of fused-ring (bicyclic) bond motifs is 1. The van der Waals surface area contributed by atoms with Crippen molar-refractivity contribution in [3.05, 3.63) is 16.0 Å². The molecule has 0 aromatic carbocycles. The van der Waals surface area contributed by atoms with Gasteiger partial charge in [0, 0.05) is 18.7 Å². The predicted molar refractivity (Wildman–Crippen MR) is 75.8 cm³/mol. The lowest BCUT2D eigenvalue weighted by Gasteiger charge is -2.12. The summed E-state index contributed by atoms with van der Waals surface area (Å²) in [6.45, 7) is 3.82. The van der Waals surface area contributed by atoms with Crippen molar-refractivity contribution in [2.75, 3.05) is 7.11 Å². The van der Waals surface area contributed by atoms with Gasteiger partial charge in [0.2, 0.25) is 0 Å². The molecule has 0 bridgehead atoms. The van der Waals surface area contributed by atoms with Gasteiger partial charge in [0.25, 0.3) is 5.56 Å². The number of ether oxygens (including phenoxy) is 1. The first kappa shape index (κ1) is 14.5. The van der Waals surface area contributed by atoms with Gasteiger partial charge in [-0.2, -0.15) is 0 Å². The van der Waals surface area contributed by atoms with Crippen LogP contribution in [0.15, 0.2) is 14.8 Å². The molecular formula is C12H16N2O3S2. The van der Waals surface area contributed by atoms with Crippen LogP contribution in [0.4, 0.5) is 0 Å². The van der Waals surface area contributed by atoms with Crippen LogP contribution in [0, 0.1) is 0 Å². The van der Waals surface area contributed by atoms with Crippen LogP contribution in [0.5, 0.6) is 0 Å². The van der Waals surface area contributed by atoms with Crippen LogP contribution in [0.25, 0.3) is 0 Å². The second kappa shape index (κ2) is 5.58. The SMILES string of the molecule is COC(=O)[C@@H](C)Sc1nc2c(c(=O)n1C)S[C@H](C)C2. The Morgan fingerprint density at radius 2 is 2.32 bits per heavy atom. The first-order valence-electron chi connectivity index (χ1n) is 5.95. The van der Waals surface area contributed by atoms with E-state index in [9.17, 15) is 9.59 Å². The Labute approximate surface area is 120 Å². The quantitative estimate of drug-likeness (QED) is 0.478. The van der Waals surface area contributed by atoms with Crippen molar-refractivity contribution in [2.45, 2.75) is 40.8 Å². The van der Waals surface area contributed by atoms with E-state index < -0.39 is 0 Å². The zero-order valence-electron chi connectivity index (χ0n) is 11.3. The Kier molecular flexibility index (Phi) is 4.25. The minimum atomic E-state index is -0.382. The van der Waals surface area contributed by atoms with Crippen LogP contribution in [0.3, 0.4) is 0 Å². The predicted octanol–water partition coefficient (Wildman–Crippen LogP) is 1.47. The number of nitrogens with zero attached hydrogens (tertiary/aromatic N) is 2. The van der Waals surface area contributed by atoms with E-state index in [1.165, 1.54) is 23.4 Å². The molecule has 1 aromatic rings. The number of rotatable bonds is 3. The van der Waals surface area contributed by atoms with E-state index in [2.05, 4.69) is 16.6 Å². The minimum absolute atomic E-state index is 0.0288. The highest BCUT2D eigenvalue weighted by Gasteiger charge is 2.26. The molecule has 0 N–H and O–H groups in total. The Morgan fingerprint density at radius 1 is 1.63 bits per heavy atom. The van der Waals surface area contributed by atoms with Crippen molar-refractivity contribution < 1.29 is 9.53 Å². The number of carbonyl (C=O) groups excluding carboxylic acids is 1. The van der Waals surface area contributed by atoms with E-state index in [1.807, 2.05) is 0 Å². The molecule has 0 saturated carbocycles. The van der Waals surface area contributed by atoms with Gasteiger partial charge in [-0.3, -0.25) is 14.2 Å². The molecule has 2 rings (SSSR count). The van der Waals surface area contributed by atoms with Gasteiger partial charge >= 0.3 is 5.97 Å². The smallest absolute Gasteiger partial charge is 0.318 e. The van der Waals surface area contributed by atoms with Crippen LogP contribution >= 0.6 is 23.5 Å². The Hall–Kier alpha value is -0.950. The van der Waals surface area contributed by atoms with Crippen LogP contribution in [0.1, 0.15) is 19.5 Å². The Morgan fingerprint density at radius 3 is 2.95 bits per heavy atom. The number of methoxy groups -OCH3 is 1. The normalized spacial score (nSPS) is 19.1. The van der Waals surface area contributed by atoms with Gasteiger partial charge in [-0.25, -0.2) is 4.98 Å². The van der Waals surface area contributed by atoms with E-state index in [-0.39, 0.29) is 16.8 Å². The third-order valence-corrected chi connectivity index (χ3v) is 5.23. The maximum Gasteiger partial charge on any atom is 0.318 e. The van der Waals surface area contributed by atoms with Crippen molar-refractivity contribution in [2.24, 2.45) is 7.05 Å². The van der Waals surface area contributed by atoms with Gasteiger partial charge in [0.05, 0.1) is 17.7 Å². The number of thioether (sulfide) groups is 2. The van der Waals surface area contributed by atoms with E-state index in [0.717, 1.165) is 17.0 Å². The Bertz CT molecular complexity index is 571. The van der Waals surface area contributed by atoms with E-state index in [0.29, 0.717) is 10.4 Å². The summed E-state index contributed by atoms with van der Waals surface area (Å²) in [6, 6.07) is 0. The molecule has 0 aliphatic carbocycles. The van der Waals surface area contributed by atoms with Crippen LogP contribution in [-0.2, 0) is 23.0 Å². The lowest BCUT2D eigenvalue weighted by atomic mass is 10.2. The van der Waals surface area contributed by atoms with Gasteiger partial charge in [-0.1, -0.05) is 18.7 Å². The van der Waals surface area contributed by atoms with Crippen molar-refractivity contribution in [1.29, 1.82) is 0 Å². The molecule has 1 aliphatic heterocycles. The molecule has 0 fully saturated rings. The van der Waals surface area contributed by atoms with Crippen molar-refractivity contribution in [3.8, 4) is 0 Å². The molecule has 5 nitrogen and oxygen atoms in total. The van der Waals surface area contributed by atoms with Crippen molar-refractivity contribution >= 4 is 29.5 Å². The molecular weight excluding hydrogens is 284 g/mol. The fourth-order valence-electron chi connectivity index (χ4n) is 1.85. The summed E-state index contributed by atoms with van der Waals surface area (Å²) in [6.07, 6.45) is 0.802. The molecule has 104 valence electrons.